The molecule has 1 aliphatic heterocycles. The lowest BCUT2D eigenvalue weighted by Gasteiger charge is -2.28. The molecule has 1 saturated heterocycles. The van der Waals surface area contributed by atoms with Crippen LogP contribution in [0, 0.1) is 5.82 Å². The van der Waals surface area contributed by atoms with Gasteiger partial charge < -0.3 is 10.5 Å². The number of imide groups is 1. The van der Waals surface area contributed by atoms with Gasteiger partial charge in [0.15, 0.2) is 11.6 Å². The summed E-state index contributed by atoms with van der Waals surface area (Å²) in [5, 5.41) is 0. The summed E-state index contributed by atoms with van der Waals surface area (Å²) in [6.45, 7) is 0.0340. The minimum Gasteiger partial charge on any atom is -0.494 e. The number of piperidine rings is 1. The van der Waals surface area contributed by atoms with E-state index in [2.05, 4.69) is 0 Å². The average molecular weight is 266 g/mol. The monoisotopic (exact) mass is 266 g/mol. The lowest BCUT2D eigenvalue weighted by molar-refractivity contribution is -0.149. The molecule has 19 heavy (non-hydrogen) atoms. The van der Waals surface area contributed by atoms with E-state index in [4.69, 9.17) is 10.5 Å². The number of carbonyl (C=O) groups is 2. The van der Waals surface area contributed by atoms with Gasteiger partial charge in [0.25, 0.3) is 0 Å². The van der Waals surface area contributed by atoms with Gasteiger partial charge in [-0.1, -0.05) is 6.07 Å². The predicted molar refractivity (Wildman–Crippen MR) is 65.7 cm³/mol. The minimum absolute atomic E-state index is 0.0340. The van der Waals surface area contributed by atoms with Crippen LogP contribution in [0.25, 0.3) is 0 Å². The Hall–Kier alpha value is -1.95. The van der Waals surface area contributed by atoms with Gasteiger partial charge in [0.05, 0.1) is 19.7 Å². The number of amides is 2. The molecule has 1 aliphatic rings. The van der Waals surface area contributed by atoms with E-state index < -0.39 is 17.8 Å². The van der Waals surface area contributed by atoms with E-state index in [0.717, 1.165) is 4.90 Å². The molecule has 0 saturated carbocycles. The summed E-state index contributed by atoms with van der Waals surface area (Å²) < 4.78 is 18.3. The molecule has 1 aromatic rings. The molecule has 2 rings (SSSR count). The Morgan fingerprint density at radius 2 is 2.21 bits per heavy atom. The first-order chi connectivity index (χ1) is 9.02. The highest BCUT2D eigenvalue weighted by Gasteiger charge is 2.31. The third kappa shape index (κ3) is 2.73. The normalized spacial score (nSPS) is 19.7. The number of carbonyl (C=O) groups excluding carboxylic acids is 2. The van der Waals surface area contributed by atoms with Gasteiger partial charge in [-0.05, 0) is 24.1 Å². The van der Waals surface area contributed by atoms with Crippen LogP contribution in [0.15, 0.2) is 18.2 Å². The molecule has 1 fully saturated rings. The van der Waals surface area contributed by atoms with Crippen molar-refractivity contribution >= 4 is 11.8 Å². The summed E-state index contributed by atoms with van der Waals surface area (Å²) >= 11 is 0. The van der Waals surface area contributed by atoms with Crippen LogP contribution in [0.1, 0.15) is 18.4 Å². The van der Waals surface area contributed by atoms with Crippen LogP contribution in [-0.2, 0) is 16.1 Å². The second kappa shape index (κ2) is 5.36. The molecule has 102 valence electrons. The van der Waals surface area contributed by atoms with E-state index in [1.54, 1.807) is 6.07 Å². The summed E-state index contributed by atoms with van der Waals surface area (Å²) in [6, 6.07) is 3.67. The fraction of sp³-hybridized carbons (Fsp3) is 0.385. The van der Waals surface area contributed by atoms with Crippen molar-refractivity contribution in [3.05, 3.63) is 29.6 Å². The van der Waals surface area contributed by atoms with Gasteiger partial charge in [-0.2, -0.15) is 0 Å². The van der Waals surface area contributed by atoms with Crippen molar-refractivity contribution in [2.24, 2.45) is 5.73 Å². The Balaban J connectivity index is 2.17. The number of methoxy groups -OCH3 is 1. The third-order valence-corrected chi connectivity index (χ3v) is 3.11. The maximum Gasteiger partial charge on any atom is 0.246 e. The molecule has 0 spiro atoms. The van der Waals surface area contributed by atoms with Crippen molar-refractivity contribution in [2.45, 2.75) is 25.4 Å². The van der Waals surface area contributed by atoms with E-state index in [9.17, 15) is 14.0 Å². The molecule has 6 heteroatoms. The Bertz CT molecular complexity index is 519. The molecule has 5 nitrogen and oxygen atoms in total. The lowest BCUT2D eigenvalue weighted by Crippen LogP contribution is -2.50. The van der Waals surface area contributed by atoms with Crippen LogP contribution >= 0.6 is 0 Å². The van der Waals surface area contributed by atoms with E-state index in [1.807, 2.05) is 0 Å². The van der Waals surface area contributed by atoms with Crippen molar-refractivity contribution in [1.82, 2.24) is 4.90 Å². The molecule has 1 unspecified atom stereocenters. The van der Waals surface area contributed by atoms with Crippen LogP contribution in [-0.4, -0.2) is 29.9 Å². The van der Waals surface area contributed by atoms with Gasteiger partial charge in [-0.3, -0.25) is 14.5 Å². The van der Waals surface area contributed by atoms with Gasteiger partial charge in [-0.25, -0.2) is 4.39 Å². The molecule has 2 amide bonds. The van der Waals surface area contributed by atoms with Crippen LogP contribution in [0.3, 0.4) is 0 Å². The minimum atomic E-state index is -0.652. The molecule has 1 aromatic carbocycles. The summed E-state index contributed by atoms with van der Waals surface area (Å²) in [4.78, 5) is 24.6. The maximum atomic E-state index is 13.5. The molecule has 0 aliphatic carbocycles. The Kier molecular flexibility index (Phi) is 3.80. The van der Waals surface area contributed by atoms with Crippen molar-refractivity contribution in [2.75, 3.05) is 7.11 Å². The highest BCUT2D eigenvalue weighted by molar-refractivity contribution is 6.00. The van der Waals surface area contributed by atoms with Crippen LogP contribution < -0.4 is 10.5 Å². The fourth-order valence-corrected chi connectivity index (χ4v) is 2.02. The Morgan fingerprint density at radius 1 is 1.47 bits per heavy atom. The molecule has 1 atom stereocenters. The van der Waals surface area contributed by atoms with E-state index >= 15 is 0 Å². The average Bonchev–Trinajstić information content (AvgIpc) is 2.39. The summed E-state index contributed by atoms with van der Waals surface area (Å²) in [5.41, 5.74) is 6.14. The van der Waals surface area contributed by atoms with E-state index in [0.29, 0.717) is 12.0 Å². The number of rotatable bonds is 3. The van der Waals surface area contributed by atoms with Crippen LogP contribution in [0.4, 0.5) is 4.39 Å². The number of benzene rings is 1. The summed E-state index contributed by atoms with van der Waals surface area (Å²) in [5.74, 6) is -1.09. The van der Waals surface area contributed by atoms with Gasteiger partial charge in [0.2, 0.25) is 11.8 Å². The second-order valence-electron chi connectivity index (χ2n) is 4.43. The van der Waals surface area contributed by atoms with Gasteiger partial charge in [0.1, 0.15) is 0 Å². The number of likely N-dealkylation sites (tertiary alicyclic amines) is 1. The number of ether oxygens (including phenoxy) is 1. The smallest absolute Gasteiger partial charge is 0.246 e. The largest absolute Gasteiger partial charge is 0.494 e. The van der Waals surface area contributed by atoms with Gasteiger partial charge in [0, 0.05) is 6.42 Å². The van der Waals surface area contributed by atoms with E-state index in [1.165, 1.54) is 19.2 Å². The topological polar surface area (TPSA) is 72.6 Å². The Morgan fingerprint density at radius 3 is 2.84 bits per heavy atom. The summed E-state index contributed by atoms with van der Waals surface area (Å²) in [6.07, 6.45) is 0.608. The Labute approximate surface area is 110 Å². The number of nitrogens with two attached hydrogens (primary N) is 1. The fourth-order valence-electron chi connectivity index (χ4n) is 2.02. The first kappa shape index (κ1) is 13.5. The zero-order chi connectivity index (χ0) is 14.0. The highest BCUT2D eigenvalue weighted by atomic mass is 19.1. The molecule has 1 heterocycles. The molecule has 2 N–H and O–H groups in total. The predicted octanol–water partition coefficient (Wildman–Crippen LogP) is 0.811. The first-order valence-corrected chi connectivity index (χ1v) is 5.95. The zero-order valence-electron chi connectivity index (χ0n) is 10.6. The standard InChI is InChI=1S/C13H15FN2O3/c1-19-11-4-2-8(6-9(11)14)7-16-12(17)5-3-10(15)13(16)18/h2,4,6,10H,3,5,7,15H2,1H3. The maximum absolute atomic E-state index is 13.5. The first-order valence-electron chi connectivity index (χ1n) is 5.95. The number of hydrogen-bond acceptors (Lipinski definition) is 4. The third-order valence-electron chi connectivity index (χ3n) is 3.11. The lowest BCUT2D eigenvalue weighted by atomic mass is 10.0. The molecule has 0 aromatic heterocycles. The van der Waals surface area contributed by atoms with Gasteiger partial charge >= 0.3 is 0 Å². The van der Waals surface area contributed by atoms with Crippen LogP contribution in [0.2, 0.25) is 0 Å². The number of halogens is 1. The number of nitrogens with zero attached hydrogens (tertiary/aromatic N) is 1. The second-order valence-corrected chi connectivity index (χ2v) is 4.43. The van der Waals surface area contributed by atoms with E-state index in [-0.39, 0.29) is 24.6 Å². The molecule has 0 radical (unpaired) electrons. The van der Waals surface area contributed by atoms with Crippen molar-refractivity contribution in [3.63, 3.8) is 0 Å². The zero-order valence-corrected chi connectivity index (χ0v) is 10.6. The quantitative estimate of drug-likeness (QED) is 0.822. The van der Waals surface area contributed by atoms with Crippen molar-refractivity contribution in [1.29, 1.82) is 0 Å². The molecular formula is C13H15FN2O3. The SMILES string of the molecule is COc1ccc(CN2C(=O)CCC(N)C2=O)cc1F. The number of hydrogen-bond donors (Lipinski definition) is 1. The summed E-state index contributed by atoms with van der Waals surface area (Å²) in [7, 11) is 1.37. The highest BCUT2D eigenvalue weighted by Crippen LogP contribution is 2.20. The van der Waals surface area contributed by atoms with Gasteiger partial charge in [-0.15, -0.1) is 0 Å². The van der Waals surface area contributed by atoms with Crippen LogP contribution in [0.5, 0.6) is 5.75 Å². The molecule has 0 bridgehead atoms. The van der Waals surface area contributed by atoms with Crippen molar-refractivity contribution < 1.29 is 18.7 Å². The van der Waals surface area contributed by atoms with Crippen molar-refractivity contribution in [3.8, 4) is 5.75 Å². The molecular weight excluding hydrogens is 251 g/mol.